The van der Waals surface area contributed by atoms with Crippen LogP contribution in [0.4, 0.5) is 0 Å². The van der Waals surface area contributed by atoms with Crippen LogP contribution in [-0.4, -0.2) is 59.9 Å². The molecule has 0 aromatic carbocycles. The second-order valence-electron chi connectivity index (χ2n) is 4.87. The fourth-order valence-corrected chi connectivity index (χ4v) is 1.06. The van der Waals surface area contributed by atoms with Crippen molar-refractivity contribution >= 4 is 0 Å². The van der Waals surface area contributed by atoms with E-state index >= 15 is 0 Å². The van der Waals surface area contributed by atoms with Crippen molar-refractivity contribution in [3.05, 3.63) is 0 Å². The lowest BCUT2D eigenvalue weighted by molar-refractivity contribution is -0.00516. The Kier molecular flexibility index (Phi) is 7.87. The maximum atomic E-state index is 9.50. The minimum absolute atomic E-state index is 0.241. The molecular weight excluding hydrogens is 210 g/mol. The third-order valence-corrected chi connectivity index (χ3v) is 1.99. The van der Waals surface area contributed by atoms with E-state index in [-0.39, 0.29) is 19.8 Å². The van der Waals surface area contributed by atoms with Crippen LogP contribution in [0, 0.1) is 5.92 Å². The summed E-state index contributed by atoms with van der Waals surface area (Å²) in [6, 6.07) is 0. The summed E-state index contributed by atoms with van der Waals surface area (Å²) in [4.78, 5) is 0. The first-order chi connectivity index (χ1) is 7.37. The van der Waals surface area contributed by atoms with Crippen LogP contribution in [0.2, 0.25) is 0 Å². The van der Waals surface area contributed by atoms with E-state index in [0.29, 0.717) is 19.1 Å². The predicted octanol–water partition coefficient (Wildman–Crippen LogP) is -0.647. The molecule has 0 saturated carbocycles. The molecule has 0 aromatic rings. The molecule has 0 aromatic heterocycles. The minimum atomic E-state index is -1.14. The predicted molar refractivity (Wildman–Crippen MR) is 62.2 cm³/mol. The lowest BCUT2D eigenvalue weighted by Gasteiger charge is -2.22. The van der Waals surface area contributed by atoms with Crippen molar-refractivity contribution in [3.63, 3.8) is 0 Å². The van der Waals surface area contributed by atoms with Gasteiger partial charge in [-0.25, -0.2) is 0 Å². The van der Waals surface area contributed by atoms with Gasteiger partial charge in [-0.15, -0.1) is 0 Å². The van der Waals surface area contributed by atoms with Crippen molar-refractivity contribution < 1.29 is 20.1 Å². The zero-order valence-corrected chi connectivity index (χ0v) is 10.4. The van der Waals surface area contributed by atoms with Gasteiger partial charge < -0.3 is 25.4 Å². The monoisotopic (exact) mass is 235 g/mol. The molecule has 0 spiro atoms. The Labute approximate surface area is 97.4 Å². The maximum absolute atomic E-state index is 9.50. The molecule has 4 N–H and O–H groups in total. The quantitative estimate of drug-likeness (QED) is 0.427. The highest BCUT2D eigenvalue weighted by atomic mass is 16.5. The molecule has 0 aliphatic heterocycles. The third-order valence-electron chi connectivity index (χ3n) is 1.99. The summed E-state index contributed by atoms with van der Waals surface area (Å²) in [5.74, 6) is 0.454. The summed E-state index contributed by atoms with van der Waals surface area (Å²) < 4.78 is 5.26. The van der Waals surface area contributed by atoms with Crippen LogP contribution >= 0.6 is 0 Å². The average molecular weight is 235 g/mol. The van der Waals surface area contributed by atoms with Gasteiger partial charge in [0.2, 0.25) is 0 Å². The molecule has 0 amide bonds. The van der Waals surface area contributed by atoms with E-state index in [2.05, 4.69) is 5.32 Å². The molecule has 0 fully saturated rings. The summed E-state index contributed by atoms with van der Waals surface area (Å²) in [5, 5.41) is 30.6. The molecule has 0 radical (unpaired) electrons. The summed E-state index contributed by atoms with van der Waals surface area (Å²) in [6.07, 6.45) is -0.590. The van der Waals surface area contributed by atoms with Crippen LogP contribution in [-0.2, 0) is 4.74 Å². The van der Waals surface area contributed by atoms with Gasteiger partial charge in [0.25, 0.3) is 0 Å². The van der Waals surface area contributed by atoms with E-state index in [4.69, 9.17) is 9.84 Å². The topological polar surface area (TPSA) is 82.0 Å². The van der Waals surface area contributed by atoms with Gasteiger partial charge in [0.15, 0.2) is 0 Å². The van der Waals surface area contributed by atoms with Gasteiger partial charge in [0.05, 0.1) is 24.9 Å². The largest absolute Gasteiger partial charge is 0.393 e. The van der Waals surface area contributed by atoms with E-state index in [1.807, 2.05) is 13.8 Å². The molecule has 0 rings (SSSR count). The molecule has 5 nitrogen and oxygen atoms in total. The van der Waals surface area contributed by atoms with Gasteiger partial charge in [0.1, 0.15) is 0 Å². The van der Waals surface area contributed by atoms with E-state index in [9.17, 15) is 10.2 Å². The van der Waals surface area contributed by atoms with Crippen molar-refractivity contribution in [1.82, 2.24) is 5.32 Å². The number of nitrogens with one attached hydrogen (secondary N) is 1. The number of aliphatic hydroxyl groups excluding tert-OH is 2. The smallest absolute Gasteiger partial charge is 0.0972 e. The molecule has 0 aliphatic rings. The normalized spacial score (nSPS) is 17.4. The standard InChI is InChI=1S/C11H25NO4/c1-9(2)5-16-6-10(14)4-12-7-11(3,15)8-13/h9-10,12-15H,4-8H2,1-3H3. The molecule has 0 saturated heterocycles. The van der Waals surface area contributed by atoms with Crippen molar-refractivity contribution in [3.8, 4) is 0 Å². The fourth-order valence-electron chi connectivity index (χ4n) is 1.06. The highest BCUT2D eigenvalue weighted by Gasteiger charge is 2.18. The van der Waals surface area contributed by atoms with Gasteiger partial charge in [0, 0.05) is 19.7 Å². The Morgan fingerprint density at radius 2 is 1.94 bits per heavy atom. The summed E-state index contributed by atoms with van der Waals surface area (Å²) in [5.41, 5.74) is -1.14. The summed E-state index contributed by atoms with van der Waals surface area (Å²) >= 11 is 0. The zero-order valence-electron chi connectivity index (χ0n) is 10.4. The van der Waals surface area contributed by atoms with Crippen molar-refractivity contribution in [2.45, 2.75) is 32.5 Å². The maximum Gasteiger partial charge on any atom is 0.0972 e. The second kappa shape index (κ2) is 7.97. The number of hydrogen-bond donors (Lipinski definition) is 4. The van der Waals surface area contributed by atoms with Crippen LogP contribution in [0.25, 0.3) is 0 Å². The Hall–Kier alpha value is -0.200. The van der Waals surface area contributed by atoms with Crippen LogP contribution < -0.4 is 5.32 Å². The molecule has 0 aliphatic carbocycles. The fraction of sp³-hybridized carbons (Fsp3) is 1.00. The van der Waals surface area contributed by atoms with E-state index < -0.39 is 11.7 Å². The Morgan fingerprint density at radius 3 is 2.44 bits per heavy atom. The Balaban J connectivity index is 3.47. The van der Waals surface area contributed by atoms with E-state index in [0.717, 1.165) is 0 Å². The summed E-state index contributed by atoms with van der Waals surface area (Å²) in [7, 11) is 0. The first-order valence-corrected chi connectivity index (χ1v) is 5.67. The second-order valence-corrected chi connectivity index (χ2v) is 4.87. The van der Waals surface area contributed by atoms with E-state index in [1.165, 1.54) is 6.92 Å². The van der Waals surface area contributed by atoms with Crippen LogP contribution in [0.3, 0.4) is 0 Å². The van der Waals surface area contributed by atoms with Gasteiger partial charge in [-0.05, 0) is 12.8 Å². The van der Waals surface area contributed by atoms with Gasteiger partial charge >= 0.3 is 0 Å². The highest BCUT2D eigenvalue weighted by Crippen LogP contribution is 1.98. The molecule has 2 atom stereocenters. The molecule has 2 unspecified atom stereocenters. The van der Waals surface area contributed by atoms with Crippen molar-refractivity contribution in [2.75, 3.05) is 32.9 Å². The highest BCUT2D eigenvalue weighted by molar-refractivity contribution is 4.74. The first kappa shape index (κ1) is 15.8. The SMILES string of the molecule is CC(C)COCC(O)CNCC(C)(O)CO. The average Bonchev–Trinajstić information content (AvgIpc) is 2.17. The zero-order chi connectivity index (χ0) is 12.6. The molecular formula is C11H25NO4. The molecule has 0 heterocycles. The third kappa shape index (κ3) is 9.06. The molecule has 5 heteroatoms. The van der Waals surface area contributed by atoms with Crippen LogP contribution in [0.15, 0.2) is 0 Å². The Morgan fingerprint density at radius 1 is 1.31 bits per heavy atom. The summed E-state index contributed by atoms with van der Waals surface area (Å²) in [6.45, 7) is 6.81. The number of hydrogen-bond acceptors (Lipinski definition) is 5. The van der Waals surface area contributed by atoms with Crippen molar-refractivity contribution in [1.29, 1.82) is 0 Å². The molecule has 98 valence electrons. The molecule has 16 heavy (non-hydrogen) atoms. The van der Waals surface area contributed by atoms with Gasteiger partial charge in [-0.3, -0.25) is 0 Å². The Bertz CT molecular complexity index is 173. The van der Waals surface area contributed by atoms with Crippen LogP contribution in [0.1, 0.15) is 20.8 Å². The van der Waals surface area contributed by atoms with Crippen molar-refractivity contribution in [2.24, 2.45) is 5.92 Å². The minimum Gasteiger partial charge on any atom is -0.393 e. The number of rotatable bonds is 9. The van der Waals surface area contributed by atoms with Gasteiger partial charge in [-0.2, -0.15) is 0 Å². The number of ether oxygens (including phenoxy) is 1. The van der Waals surface area contributed by atoms with E-state index in [1.54, 1.807) is 0 Å². The lowest BCUT2D eigenvalue weighted by Crippen LogP contribution is -2.44. The lowest BCUT2D eigenvalue weighted by atomic mass is 10.1. The number of aliphatic hydroxyl groups is 3. The van der Waals surface area contributed by atoms with Gasteiger partial charge in [-0.1, -0.05) is 13.8 Å². The molecule has 0 bridgehead atoms. The first-order valence-electron chi connectivity index (χ1n) is 5.67. The van der Waals surface area contributed by atoms with Crippen LogP contribution in [0.5, 0.6) is 0 Å².